The fraction of sp³-hybridized carbons (Fsp3) is 0.435. The molecule has 30 heavy (non-hydrogen) atoms. The first-order chi connectivity index (χ1) is 14.4. The van der Waals surface area contributed by atoms with Crippen molar-refractivity contribution in [1.29, 1.82) is 0 Å². The molecule has 5 nitrogen and oxygen atoms in total. The largest absolute Gasteiger partial charge is 0.339 e. The van der Waals surface area contributed by atoms with E-state index in [2.05, 4.69) is 0 Å². The van der Waals surface area contributed by atoms with Crippen molar-refractivity contribution >= 4 is 33.4 Å². The Bertz CT molecular complexity index is 951. The number of rotatable bonds is 7. The van der Waals surface area contributed by atoms with Crippen LogP contribution in [-0.4, -0.2) is 45.1 Å². The molecule has 0 aromatic heterocycles. The topological polar surface area (TPSA) is 57.7 Å². The lowest BCUT2D eigenvalue weighted by atomic mass is 9.94. The smallest absolute Gasteiger partial charge is 0.264 e. The molecule has 0 N–H and O–H groups in total. The van der Waals surface area contributed by atoms with Crippen LogP contribution in [0.2, 0.25) is 0 Å². The highest BCUT2D eigenvalue weighted by Gasteiger charge is 2.25. The summed E-state index contributed by atoms with van der Waals surface area (Å²) in [7, 11) is -1.80. The average Bonchev–Trinajstić information content (AvgIpc) is 2.79. The molecule has 0 radical (unpaired) electrons. The number of benzene rings is 2. The van der Waals surface area contributed by atoms with Crippen LogP contribution >= 0.6 is 11.8 Å². The molecule has 0 atom stereocenters. The molecule has 1 aliphatic carbocycles. The van der Waals surface area contributed by atoms with E-state index >= 15 is 0 Å². The van der Waals surface area contributed by atoms with Gasteiger partial charge in [0.1, 0.15) is 0 Å². The number of amides is 1. The van der Waals surface area contributed by atoms with E-state index in [9.17, 15) is 13.2 Å². The molecule has 0 bridgehead atoms. The molecule has 0 unspecified atom stereocenters. The van der Waals surface area contributed by atoms with Crippen molar-refractivity contribution in [3.63, 3.8) is 0 Å². The van der Waals surface area contributed by atoms with Gasteiger partial charge in [0, 0.05) is 30.1 Å². The molecular formula is C23H30N2O3S2. The van der Waals surface area contributed by atoms with Crippen LogP contribution < -0.4 is 4.31 Å². The summed E-state index contributed by atoms with van der Waals surface area (Å²) in [5.74, 6) is -0.00740. The molecule has 3 rings (SSSR count). The van der Waals surface area contributed by atoms with E-state index in [1.54, 1.807) is 48.2 Å². The van der Waals surface area contributed by atoms with Gasteiger partial charge in [-0.25, -0.2) is 8.42 Å². The predicted molar refractivity (Wildman–Crippen MR) is 124 cm³/mol. The van der Waals surface area contributed by atoms with Gasteiger partial charge in [0.2, 0.25) is 0 Å². The third-order valence-electron chi connectivity index (χ3n) is 5.78. The summed E-state index contributed by atoms with van der Waals surface area (Å²) >= 11 is 1.57. The van der Waals surface area contributed by atoms with Gasteiger partial charge in [0.05, 0.1) is 10.6 Å². The average molecular weight is 447 g/mol. The lowest BCUT2D eigenvalue weighted by Gasteiger charge is -2.31. The molecule has 2 aromatic rings. The molecule has 0 spiro atoms. The second-order valence-corrected chi connectivity index (χ2v) is 10.3. The second kappa shape index (κ2) is 9.88. The van der Waals surface area contributed by atoms with Gasteiger partial charge < -0.3 is 4.90 Å². The summed E-state index contributed by atoms with van der Waals surface area (Å²) in [6.45, 7) is 2.12. The zero-order valence-electron chi connectivity index (χ0n) is 17.9. The summed E-state index contributed by atoms with van der Waals surface area (Å²) in [5, 5.41) is 0. The van der Waals surface area contributed by atoms with Crippen LogP contribution in [0.25, 0.3) is 0 Å². The number of nitrogens with zero attached hydrogens (tertiary/aromatic N) is 2. The summed E-state index contributed by atoms with van der Waals surface area (Å²) in [4.78, 5) is 16.0. The highest BCUT2D eigenvalue weighted by molar-refractivity contribution is 7.98. The molecular weight excluding hydrogens is 416 g/mol. The number of anilines is 1. The molecule has 2 aromatic carbocycles. The van der Waals surface area contributed by atoms with Crippen molar-refractivity contribution in [2.75, 3.05) is 24.2 Å². The normalized spacial score (nSPS) is 15.0. The van der Waals surface area contributed by atoms with Crippen molar-refractivity contribution in [3.05, 3.63) is 54.1 Å². The first-order valence-corrected chi connectivity index (χ1v) is 13.1. The van der Waals surface area contributed by atoms with Crippen LogP contribution in [0.15, 0.2) is 58.3 Å². The molecule has 1 fully saturated rings. The van der Waals surface area contributed by atoms with Gasteiger partial charge in [-0.3, -0.25) is 9.10 Å². The fourth-order valence-corrected chi connectivity index (χ4v) is 5.86. The summed E-state index contributed by atoms with van der Waals surface area (Å²) < 4.78 is 27.7. The Labute approximate surface area is 184 Å². The fourth-order valence-electron chi connectivity index (χ4n) is 3.97. The quantitative estimate of drug-likeness (QED) is 0.560. The minimum atomic E-state index is -3.67. The van der Waals surface area contributed by atoms with Crippen LogP contribution in [0.3, 0.4) is 0 Å². The summed E-state index contributed by atoms with van der Waals surface area (Å²) in [5.41, 5.74) is 1.15. The minimum Gasteiger partial charge on any atom is -0.339 e. The molecule has 0 saturated heterocycles. The monoisotopic (exact) mass is 446 g/mol. The molecule has 1 aliphatic rings. The number of carbonyl (C=O) groups is 1. The number of carbonyl (C=O) groups excluding carboxylic acids is 1. The maximum atomic E-state index is 13.1. The Morgan fingerprint density at radius 3 is 2.13 bits per heavy atom. The van der Waals surface area contributed by atoms with E-state index < -0.39 is 10.0 Å². The van der Waals surface area contributed by atoms with Crippen LogP contribution in [0, 0.1) is 0 Å². The molecule has 0 heterocycles. The second-order valence-electron chi connectivity index (χ2n) is 7.60. The van der Waals surface area contributed by atoms with Crippen molar-refractivity contribution in [2.45, 2.75) is 54.9 Å². The van der Waals surface area contributed by atoms with Crippen LogP contribution in [0.4, 0.5) is 5.69 Å². The maximum absolute atomic E-state index is 13.1. The number of hydrogen-bond acceptors (Lipinski definition) is 4. The predicted octanol–water partition coefficient (Wildman–Crippen LogP) is 5.03. The highest BCUT2D eigenvalue weighted by Crippen LogP contribution is 2.27. The van der Waals surface area contributed by atoms with E-state index in [0.29, 0.717) is 23.8 Å². The van der Waals surface area contributed by atoms with Gasteiger partial charge in [-0.2, -0.15) is 0 Å². The third kappa shape index (κ3) is 4.83. The maximum Gasteiger partial charge on any atom is 0.264 e. The van der Waals surface area contributed by atoms with Crippen molar-refractivity contribution in [3.8, 4) is 0 Å². The van der Waals surface area contributed by atoms with Crippen molar-refractivity contribution in [1.82, 2.24) is 4.90 Å². The highest BCUT2D eigenvalue weighted by atomic mass is 32.2. The van der Waals surface area contributed by atoms with E-state index in [4.69, 9.17) is 0 Å². The zero-order valence-corrected chi connectivity index (χ0v) is 19.5. The number of hydrogen-bond donors (Lipinski definition) is 0. The van der Waals surface area contributed by atoms with Gasteiger partial charge in [-0.1, -0.05) is 19.3 Å². The van der Waals surface area contributed by atoms with Crippen LogP contribution in [0.5, 0.6) is 0 Å². The van der Waals surface area contributed by atoms with Gasteiger partial charge in [0.25, 0.3) is 15.9 Å². The van der Waals surface area contributed by atoms with Crippen LogP contribution in [0.1, 0.15) is 49.4 Å². The van der Waals surface area contributed by atoms with E-state index in [1.165, 1.54) is 23.6 Å². The van der Waals surface area contributed by atoms with E-state index in [1.807, 2.05) is 37.3 Å². The van der Waals surface area contributed by atoms with Crippen molar-refractivity contribution < 1.29 is 13.2 Å². The summed E-state index contributed by atoms with van der Waals surface area (Å²) in [6, 6.07) is 14.1. The van der Waals surface area contributed by atoms with Gasteiger partial charge in [0.15, 0.2) is 0 Å². The Morgan fingerprint density at radius 2 is 1.60 bits per heavy atom. The lowest BCUT2D eigenvalue weighted by molar-refractivity contribution is 0.0696. The van der Waals surface area contributed by atoms with E-state index in [-0.39, 0.29) is 10.8 Å². The van der Waals surface area contributed by atoms with Gasteiger partial charge >= 0.3 is 0 Å². The molecule has 7 heteroatoms. The first-order valence-electron chi connectivity index (χ1n) is 10.4. The van der Waals surface area contributed by atoms with Crippen LogP contribution in [-0.2, 0) is 10.0 Å². The Hall–Kier alpha value is -1.99. The Morgan fingerprint density at radius 1 is 1.00 bits per heavy atom. The Kier molecular flexibility index (Phi) is 7.47. The molecule has 1 amide bonds. The summed E-state index contributed by atoms with van der Waals surface area (Å²) in [6.07, 6.45) is 7.64. The van der Waals surface area contributed by atoms with Gasteiger partial charge in [-0.15, -0.1) is 11.8 Å². The lowest BCUT2D eigenvalue weighted by Crippen LogP contribution is -2.38. The van der Waals surface area contributed by atoms with E-state index in [0.717, 1.165) is 17.7 Å². The Balaban J connectivity index is 1.79. The number of thioether (sulfide) groups is 1. The van der Waals surface area contributed by atoms with Gasteiger partial charge in [-0.05, 0) is 74.6 Å². The number of sulfonamides is 1. The molecule has 1 saturated carbocycles. The standard InChI is InChI=1S/C23H30N2O3S2/c1-4-25(30(27,28)22-16-14-21(29-3)15-17-22)20-12-10-18(11-13-20)23(26)24(2)19-8-6-5-7-9-19/h10-17,19H,4-9H2,1-3H3. The van der Waals surface area contributed by atoms with Crippen molar-refractivity contribution in [2.24, 2.45) is 0 Å². The minimum absolute atomic E-state index is 0.00740. The molecule has 162 valence electrons. The third-order valence-corrected chi connectivity index (χ3v) is 8.44. The first kappa shape index (κ1) is 22.7. The molecule has 0 aliphatic heterocycles. The SMILES string of the molecule is CCN(c1ccc(C(=O)N(C)C2CCCCC2)cc1)S(=O)(=O)c1ccc(SC)cc1. The zero-order chi connectivity index (χ0) is 21.7.